The molecule has 0 atom stereocenters. The molecule has 0 bridgehead atoms. The van der Waals surface area contributed by atoms with Gasteiger partial charge in [0.2, 0.25) is 0 Å². The third kappa shape index (κ3) is 2.21. The highest BCUT2D eigenvalue weighted by Gasteiger charge is 2.06. The number of rotatable bonds is 1. The largest absolute Gasteiger partial charge is 0.478 e. The predicted molar refractivity (Wildman–Crippen MR) is 62.0 cm³/mol. The average molecular weight is 210 g/mol. The van der Waals surface area contributed by atoms with E-state index in [1.165, 1.54) is 0 Å². The molecule has 1 aliphatic carbocycles. The quantitative estimate of drug-likeness (QED) is 0.723. The van der Waals surface area contributed by atoms with Crippen LogP contribution in [0, 0.1) is 17.8 Å². The molecule has 16 heavy (non-hydrogen) atoms. The third-order valence-electron chi connectivity index (χ3n) is 2.28. The van der Waals surface area contributed by atoms with Gasteiger partial charge in [0, 0.05) is 5.56 Å². The fourth-order valence-corrected chi connectivity index (χ4v) is 1.47. The lowest BCUT2D eigenvalue weighted by molar-refractivity contribution is 0.0696. The van der Waals surface area contributed by atoms with Crippen molar-refractivity contribution in [3.63, 3.8) is 0 Å². The van der Waals surface area contributed by atoms with E-state index in [1.54, 1.807) is 24.3 Å². The Balaban J connectivity index is 2.30. The van der Waals surface area contributed by atoms with E-state index in [2.05, 4.69) is 11.8 Å². The van der Waals surface area contributed by atoms with E-state index >= 15 is 0 Å². The summed E-state index contributed by atoms with van der Waals surface area (Å²) in [5, 5.41) is 8.96. The summed E-state index contributed by atoms with van der Waals surface area (Å²) < 4.78 is 0. The van der Waals surface area contributed by atoms with Crippen LogP contribution in [0.25, 0.3) is 0 Å². The number of carboxylic acids is 1. The Bertz CT molecular complexity index is 515. The van der Waals surface area contributed by atoms with Crippen molar-refractivity contribution in [2.75, 3.05) is 0 Å². The summed E-state index contributed by atoms with van der Waals surface area (Å²) in [6, 6.07) is 6.77. The van der Waals surface area contributed by atoms with Gasteiger partial charge in [0.15, 0.2) is 0 Å². The zero-order chi connectivity index (χ0) is 11.4. The van der Waals surface area contributed by atoms with Gasteiger partial charge in [-0.2, -0.15) is 0 Å². The van der Waals surface area contributed by atoms with Crippen molar-refractivity contribution in [2.24, 2.45) is 5.92 Å². The second kappa shape index (κ2) is 4.50. The number of hydrogen-bond donors (Lipinski definition) is 1. The van der Waals surface area contributed by atoms with Crippen LogP contribution in [0.1, 0.15) is 15.9 Å². The summed E-state index contributed by atoms with van der Waals surface area (Å²) in [7, 11) is 0. The number of carbonyl (C=O) groups is 1. The van der Waals surface area contributed by atoms with Crippen LogP contribution in [0.4, 0.5) is 0 Å². The van der Waals surface area contributed by atoms with Crippen molar-refractivity contribution >= 4 is 5.97 Å². The summed E-state index contributed by atoms with van der Waals surface area (Å²) in [6.07, 6.45) is 7.80. The van der Waals surface area contributed by atoms with Crippen LogP contribution in [0.5, 0.6) is 0 Å². The highest BCUT2D eigenvalue weighted by molar-refractivity contribution is 5.90. The summed E-state index contributed by atoms with van der Waals surface area (Å²) >= 11 is 0. The van der Waals surface area contributed by atoms with Gasteiger partial charge in [-0.15, -0.1) is 0 Å². The van der Waals surface area contributed by atoms with Gasteiger partial charge in [-0.25, -0.2) is 4.79 Å². The van der Waals surface area contributed by atoms with Crippen molar-refractivity contribution in [3.05, 3.63) is 59.7 Å². The Hall–Kier alpha value is -2.27. The predicted octanol–water partition coefficient (Wildman–Crippen LogP) is 2.48. The van der Waals surface area contributed by atoms with Crippen LogP contribution in [-0.2, 0) is 0 Å². The Morgan fingerprint density at radius 3 is 2.56 bits per heavy atom. The maximum atomic E-state index is 10.9. The van der Waals surface area contributed by atoms with Gasteiger partial charge in [0.1, 0.15) is 0 Å². The van der Waals surface area contributed by atoms with Gasteiger partial charge in [-0.05, 0) is 12.1 Å². The number of aromatic carboxylic acids is 1. The fourth-order valence-electron chi connectivity index (χ4n) is 1.47. The molecule has 0 spiro atoms. The molecule has 0 saturated carbocycles. The monoisotopic (exact) mass is 210 g/mol. The Kier molecular flexibility index (Phi) is 2.88. The van der Waals surface area contributed by atoms with Gasteiger partial charge >= 0.3 is 5.97 Å². The standard InChI is InChI=1S/C14H10O2/c15-14(16)13-8-4-3-7-12(13)10-9-11-5-1-2-6-11/h1-8,11H,(H,15,16). The van der Waals surface area contributed by atoms with Gasteiger partial charge in [0.25, 0.3) is 0 Å². The zero-order valence-corrected chi connectivity index (χ0v) is 8.55. The van der Waals surface area contributed by atoms with Crippen LogP contribution in [-0.4, -0.2) is 11.1 Å². The van der Waals surface area contributed by atoms with Gasteiger partial charge in [-0.1, -0.05) is 48.3 Å². The highest BCUT2D eigenvalue weighted by atomic mass is 16.4. The zero-order valence-electron chi connectivity index (χ0n) is 8.55. The maximum Gasteiger partial charge on any atom is 0.336 e. The van der Waals surface area contributed by atoms with Gasteiger partial charge in [-0.3, -0.25) is 0 Å². The normalized spacial score (nSPS) is 13.5. The van der Waals surface area contributed by atoms with E-state index in [4.69, 9.17) is 5.11 Å². The van der Waals surface area contributed by atoms with Crippen LogP contribution >= 0.6 is 0 Å². The molecule has 2 rings (SSSR count). The molecule has 1 aromatic rings. The average Bonchev–Trinajstić information content (AvgIpc) is 2.79. The van der Waals surface area contributed by atoms with E-state index in [9.17, 15) is 4.79 Å². The molecule has 0 amide bonds. The van der Waals surface area contributed by atoms with Crippen LogP contribution < -0.4 is 0 Å². The number of allylic oxidation sites excluding steroid dienone is 4. The Morgan fingerprint density at radius 2 is 1.88 bits per heavy atom. The number of benzene rings is 1. The van der Waals surface area contributed by atoms with Gasteiger partial charge in [0.05, 0.1) is 11.5 Å². The van der Waals surface area contributed by atoms with E-state index in [0.29, 0.717) is 5.56 Å². The number of carboxylic acid groups (broad SMARTS) is 1. The SMILES string of the molecule is O=C(O)c1ccccc1C#CC1C=CC=C1. The van der Waals surface area contributed by atoms with Crippen molar-refractivity contribution in [2.45, 2.75) is 0 Å². The van der Waals surface area contributed by atoms with Crippen molar-refractivity contribution in [3.8, 4) is 11.8 Å². The molecule has 78 valence electrons. The Morgan fingerprint density at radius 1 is 1.19 bits per heavy atom. The first kappa shape index (κ1) is 10.3. The topological polar surface area (TPSA) is 37.3 Å². The molecule has 0 radical (unpaired) electrons. The first-order valence-electron chi connectivity index (χ1n) is 4.96. The minimum Gasteiger partial charge on any atom is -0.478 e. The van der Waals surface area contributed by atoms with E-state index < -0.39 is 5.97 Å². The summed E-state index contributed by atoms with van der Waals surface area (Å²) in [5.74, 6) is 5.07. The molecule has 0 aliphatic heterocycles. The lowest BCUT2D eigenvalue weighted by atomic mass is 10.1. The van der Waals surface area contributed by atoms with Crippen LogP contribution in [0.3, 0.4) is 0 Å². The van der Waals surface area contributed by atoms with Crippen molar-refractivity contribution < 1.29 is 9.90 Å². The summed E-state index contributed by atoms with van der Waals surface area (Å²) in [5.41, 5.74) is 0.810. The molecular weight excluding hydrogens is 200 g/mol. The molecule has 1 N–H and O–H groups in total. The van der Waals surface area contributed by atoms with Crippen LogP contribution in [0.15, 0.2) is 48.6 Å². The molecule has 1 aromatic carbocycles. The van der Waals surface area contributed by atoms with E-state index in [-0.39, 0.29) is 11.5 Å². The lowest BCUT2D eigenvalue weighted by Crippen LogP contribution is -1.99. The van der Waals surface area contributed by atoms with Gasteiger partial charge < -0.3 is 5.11 Å². The minimum absolute atomic E-state index is 0.0989. The second-order valence-electron chi connectivity index (χ2n) is 3.42. The first-order chi connectivity index (χ1) is 7.77. The molecule has 0 aromatic heterocycles. The lowest BCUT2D eigenvalue weighted by Gasteiger charge is -1.97. The molecule has 0 fully saturated rings. The minimum atomic E-state index is -0.942. The molecule has 0 heterocycles. The molecular formula is C14H10O2. The van der Waals surface area contributed by atoms with E-state index in [1.807, 2.05) is 24.3 Å². The molecule has 0 saturated heterocycles. The summed E-state index contributed by atoms with van der Waals surface area (Å²) in [4.78, 5) is 10.9. The third-order valence-corrected chi connectivity index (χ3v) is 2.28. The van der Waals surface area contributed by atoms with Crippen LogP contribution in [0.2, 0.25) is 0 Å². The van der Waals surface area contributed by atoms with Crippen molar-refractivity contribution in [1.29, 1.82) is 0 Å². The highest BCUT2D eigenvalue weighted by Crippen LogP contribution is 2.10. The van der Waals surface area contributed by atoms with Crippen molar-refractivity contribution in [1.82, 2.24) is 0 Å². The maximum absolute atomic E-state index is 10.9. The van der Waals surface area contributed by atoms with E-state index in [0.717, 1.165) is 0 Å². The fraction of sp³-hybridized carbons (Fsp3) is 0.0714. The molecule has 2 nitrogen and oxygen atoms in total. The summed E-state index contributed by atoms with van der Waals surface area (Å²) in [6.45, 7) is 0. The molecule has 1 aliphatic rings. The smallest absolute Gasteiger partial charge is 0.336 e. The Labute approximate surface area is 93.9 Å². The first-order valence-corrected chi connectivity index (χ1v) is 4.96. The molecule has 0 unspecified atom stereocenters. The number of hydrogen-bond acceptors (Lipinski definition) is 1. The molecule has 2 heteroatoms. The second-order valence-corrected chi connectivity index (χ2v) is 3.42.